The minimum atomic E-state index is -1.27. The molecule has 2 heterocycles. The topological polar surface area (TPSA) is 192 Å². The number of carboxylic acid groups (broad SMARTS) is 2. The van der Waals surface area contributed by atoms with Gasteiger partial charge < -0.3 is 34.5 Å². The molecule has 0 bridgehead atoms. The van der Waals surface area contributed by atoms with Crippen molar-refractivity contribution >= 4 is 58.6 Å². The summed E-state index contributed by atoms with van der Waals surface area (Å²) in [5.74, 6) is -4.87. The van der Waals surface area contributed by atoms with E-state index in [4.69, 9.17) is 18.9 Å². The third kappa shape index (κ3) is 12.0. The second-order valence-corrected chi connectivity index (χ2v) is 17.2. The van der Waals surface area contributed by atoms with Gasteiger partial charge in [0, 0.05) is 6.42 Å². The Morgan fingerprint density at radius 3 is 1.70 bits per heavy atom. The molecule has 4 aromatic rings. The van der Waals surface area contributed by atoms with Gasteiger partial charge in [0.1, 0.15) is 28.0 Å². The molecule has 56 heavy (non-hydrogen) atoms. The number of ether oxygens (including phenoxy) is 4. The van der Waals surface area contributed by atoms with Crippen LogP contribution in [0.1, 0.15) is 90.1 Å². The number of hydrogen-bond donors (Lipinski definition) is 3. The molecular formula is C41H45NO12S2. The summed E-state index contributed by atoms with van der Waals surface area (Å²) >= 11 is 2.07. The predicted molar refractivity (Wildman–Crippen MR) is 208 cm³/mol. The molecule has 0 radical (unpaired) electrons. The number of carbonyl (C=O) groups excluding carboxylic acids is 4. The van der Waals surface area contributed by atoms with Crippen LogP contribution in [0.5, 0.6) is 11.5 Å². The van der Waals surface area contributed by atoms with Crippen LogP contribution >= 0.6 is 22.7 Å². The molecule has 13 nitrogen and oxygen atoms in total. The fourth-order valence-corrected chi connectivity index (χ4v) is 6.97. The predicted octanol–water partition coefficient (Wildman–Crippen LogP) is 7.73. The van der Waals surface area contributed by atoms with Gasteiger partial charge in [0.15, 0.2) is 11.5 Å². The standard InChI is InChI=1S/C41H45NO12S2/c1-39(2,3)54-38(50)42-28(35(47)51-23-24-11-9-8-10-12-24)19-25-13-14-29(52-36(48)40(4,5)21-26-15-17-55-31(26)33(43)44)30(20-25)53-37(49)41(6,7)22-27-16-18-56-32(27)34(45)46/h8-18,20,28H,19,21-23H2,1-7H3,(H,42,50)(H,43,44)(H,45,46)/t28-/m0/s1. The van der Waals surface area contributed by atoms with E-state index in [2.05, 4.69) is 5.32 Å². The number of rotatable bonds is 16. The third-order valence-electron chi connectivity index (χ3n) is 8.30. The fraction of sp³-hybridized carbons (Fsp3) is 0.366. The van der Waals surface area contributed by atoms with Gasteiger partial charge in [-0.15, -0.1) is 22.7 Å². The van der Waals surface area contributed by atoms with Crippen molar-refractivity contribution in [3.8, 4) is 11.5 Å². The molecule has 0 aliphatic carbocycles. The molecule has 2 aromatic carbocycles. The maximum atomic E-state index is 13.8. The summed E-state index contributed by atoms with van der Waals surface area (Å²) in [4.78, 5) is 77.5. The summed E-state index contributed by atoms with van der Waals surface area (Å²) in [5, 5.41) is 25.0. The Hall–Kier alpha value is -5.54. The quantitative estimate of drug-likeness (QED) is 0.0738. The van der Waals surface area contributed by atoms with Gasteiger partial charge in [0.2, 0.25) is 0 Å². The largest absolute Gasteiger partial charge is 0.477 e. The fourth-order valence-electron chi connectivity index (χ4n) is 5.45. The van der Waals surface area contributed by atoms with E-state index in [-0.39, 0.29) is 47.1 Å². The summed E-state index contributed by atoms with van der Waals surface area (Å²) in [6, 6.07) is 15.2. The summed E-state index contributed by atoms with van der Waals surface area (Å²) in [7, 11) is 0. The second kappa shape index (κ2) is 17.9. The Morgan fingerprint density at radius 1 is 0.679 bits per heavy atom. The highest BCUT2D eigenvalue weighted by Crippen LogP contribution is 2.36. The Kier molecular flexibility index (Phi) is 13.8. The normalized spacial score (nSPS) is 12.3. The molecule has 0 unspecified atom stereocenters. The first-order valence-electron chi connectivity index (χ1n) is 17.5. The van der Waals surface area contributed by atoms with Crippen LogP contribution in [0.25, 0.3) is 0 Å². The molecule has 0 saturated carbocycles. The van der Waals surface area contributed by atoms with E-state index in [0.29, 0.717) is 16.7 Å². The first kappa shape index (κ1) is 43.2. The smallest absolute Gasteiger partial charge is 0.408 e. The molecule has 1 atom stereocenters. The van der Waals surface area contributed by atoms with Crippen molar-refractivity contribution in [2.45, 2.75) is 86.0 Å². The van der Waals surface area contributed by atoms with Gasteiger partial charge in [-0.05, 0) is 119 Å². The number of benzene rings is 2. The van der Waals surface area contributed by atoms with Crippen LogP contribution < -0.4 is 14.8 Å². The molecule has 0 saturated heterocycles. The lowest BCUT2D eigenvalue weighted by atomic mass is 9.86. The first-order valence-corrected chi connectivity index (χ1v) is 19.3. The van der Waals surface area contributed by atoms with Crippen molar-refractivity contribution in [2.24, 2.45) is 10.8 Å². The first-order chi connectivity index (χ1) is 26.1. The van der Waals surface area contributed by atoms with Crippen LogP contribution in [0.2, 0.25) is 0 Å². The van der Waals surface area contributed by atoms with E-state index >= 15 is 0 Å². The molecule has 4 rings (SSSR count). The van der Waals surface area contributed by atoms with Gasteiger partial charge in [0.05, 0.1) is 10.8 Å². The minimum Gasteiger partial charge on any atom is -0.477 e. The Bertz CT molecular complexity index is 2070. The van der Waals surface area contributed by atoms with Crippen LogP contribution in [0.15, 0.2) is 71.4 Å². The third-order valence-corrected chi connectivity index (χ3v) is 10.2. The lowest BCUT2D eigenvalue weighted by Crippen LogP contribution is -2.45. The van der Waals surface area contributed by atoms with Crippen molar-refractivity contribution in [2.75, 3.05) is 0 Å². The van der Waals surface area contributed by atoms with Crippen molar-refractivity contribution in [1.29, 1.82) is 0 Å². The number of aromatic carboxylic acids is 2. The second-order valence-electron chi connectivity index (χ2n) is 15.3. The van der Waals surface area contributed by atoms with E-state index in [1.807, 2.05) is 6.07 Å². The number of carboxylic acids is 2. The van der Waals surface area contributed by atoms with E-state index in [1.165, 1.54) is 18.2 Å². The molecule has 298 valence electrons. The van der Waals surface area contributed by atoms with Crippen molar-refractivity contribution in [3.63, 3.8) is 0 Å². The van der Waals surface area contributed by atoms with Crippen LogP contribution in [-0.4, -0.2) is 57.8 Å². The van der Waals surface area contributed by atoms with E-state index in [9.17, 15) is 39.0 Å². The number of carbonyl (C=O) groups is 6. The molecule has 2 aromatic heterocycles. The number of alkyl carbamates (subject to hydrolysis) is 1. The van der Waals surface area contributed by atoms with Crippen LogP contribution in [0.4, 0.5) is 4.79 Å². The van der Waals surface area contributed by atoms with Gasteiger partial charge in [-0.2, -0.15) is 0 Å². The summed E-state index contributed by atoms with van der Waals surface area (Å²) in [6.45, 7) is 11.3. The van der Waals surface area contributed by atoms with E-state index in [0.717, 1.165) is 28.2 Å². The number of hydrogen-bond acceptors (Lipinski definition) is 12. The molecule has 0 fully saturated rings. The molecule has 3 N–H and O–H groups in total. The van der Waals surface area contributed by atoms with E-state index < -0.39 is 58.4 Å². The molecular weight excluding hydrogens is 763 g/mol. The van der Waals surface area contributed by atoms with Gasteiger partial charge in [-0.25, -0.2) is 19.2 Å². The lowest BCUT2D eigenvalue weighted by molar-refractivity contribution is -0.147. The average Bonchev–Trinajstić information content (AvgIpc) is 3.76. The minimum absolute atomic E-state index is 0.0144. The zero-order valence-electron chi connectivity index (χ0n) is 32.1. The Balaban J connectivity index is 1.67. The van der Waals surface area contributed by atoms with Crippen molar-refractivity contribution in [1.82, 2.24) is 5.32 Å². The summed E-state index contributed by atoms with van der Waals surface area (Å²) < 4.78 is 22.7. The molecule has 0 aliphatic heterocycles. The molecule has 0 aliphatic rings. The monoisotopic (exact) mass is 807 g/mol. The lowest BCUT2D eigenvalue weighted by Gasteiger charge is -2.25. The van der Waals surface area contributed by atoms with Crippen LogP contribution in [0, 0.1) is 10.8 Å². The van der Waals surface area contributed by atoms with Crippen LogP contribution in [-0.2, 0) is 49.7 Å². The van der Waals surface area contributed by atoms with Gasteiger partial charge in [-0.1, -0.05) is 36.4 Å². The molecule has 1 amide bonds. The zero-order valence-corrected chi connectivity index (χ0v) is 33.8. The van der Waals surface area contributed by atoms with Gasteiger partial charge in [-0.3, -0.25) is 9.59 Å². The van der Waals surface area contributed by atoms with Gasteiger partial charge in [0.25, 0.3) is 0 Å². The maximum absolute atomic E-state index is 13.8. The summed E-state index contributed by atoms with van der Waals surface area (Å²) in [6.07, 6.45) is -0.980. The zero-order chi connectivity index (χ0) is 41.4. The molecule has 15 heteroatoms. The maximum Gasteiger partial charge on any atom is 0.408 e. The SMILES string of the molecule is CC(C)(C)OC(=O)N[C@@H](Cc1ccc(OC(=O)C(C)(C)Cc2ccsc2C(=O)O)c(OC(=O)C(C)(C)Cc2ccsc2C(=O)O)c1)C(=O)OCc1ccccc1. The highest BCUT2D eigenvalue weighted by molar-refractivity contribution is 7.12. The average molecular weight is 808 g/mol. The number of nitrogens with one attached hydrogen (secondary N) is 1. The van der Waals surface area contributed by atoms with E-state index in [1.54, 1.807) is 95.6 Å². The van der Waals surface area contributed by atoms with Gasteiger partial charge >= 0.3 is 35.9 Å². The number of amides is 1. The summed E-state index contributed by atoms with van der Waals surface area (Å²) in [5.41, 5.74) is -1.40. The van der Waals surface area contributed by atoms with Crippen LogP contribution in [0.3, 0.4) is 0 Å². The number of thiophene rings is 2. The Morgan fingerprint density at radius 2 is 1.20 bits per heavy atom. The number of esters is 3. The van der Waals surface area contributed by atoms with Crippen molar-refractivity contribution in [3.05, 3.63) is 103 Å². The highest BCUT2D eigenvalue weighted by Gasteiger charge is 2.36. The van der Waals surface area contributed by atoms with Crippen molar-refractivity contribution < 1.29 is 57.9 Å². The highest BCUT2D eigenvalue weighted by atomic mass is 32.1. The molecule has 0 spiro atoms. The Labute approximate surface area is 332 Å².